The van der Waals surface area contributed by atoms with Crippen LogP contribution in [0.3, 0.4) is 0 Å². The zero-order valence-electron chi connectivity index (χ0n) is 14.9. The van der Waals surface area contributed by atoms with E-state index >= 15 is 0 Å². The van der Waals surface area contributed by atoms with Crippen LogP contribution in [0.25, 0.3) is 21.5 Å². The van der Waals surface area contributed by atoms with Gasteiger partial charge in [0.25, 0.3) is 5.91 Å². The van der Waals surface area contributed by atoms with Crippen molar-refractivity contribution in [1.29, 1.82) is 0 Å². The van der Waals surface area contributed by atoms with Gasteiger partial charge in [-0.25, -0.2) is 4.98 Å². The van der Waals surface area contributed by atoms with Crippen LogP contribution in [-0.4, -0.2) is 48.0 Å². The molecule has 0 aliphatic carbocycles. The molecule has 1 aliphatic rings. The number of nitrogens with zero attached hydrogens (tertiary/aromatic N) is 2. The normalized spacial score (nSPS) is 14.3. The smallest absolute Gasteiger partial charge is 0.266 e. The lowest BCUT2D eigenvalue weighted by atomic mass is 10.1. The minimum atomic E-state index is -0.210. The summed E-state index contributed by atoms with van der Waals surface area (Å²) in [5.41, 5.74) is 2.39. The third-order valence-electron chi connectivity index (χ3n) is 4.42. The molecule has 1 aromatic carbocycles. The predicted octanol–water partition coefficient (Wildman–Crippen LogP) is 3.39. The van der Waals surface area contributed by atoms with E-state index in [-0.39, 0.29) is 11.8 Å². The number of anilines is 1. The number of nitrogens with one attached hydrogen (secondary N) is 1. The lowest BCUT2D eigenvalue weighted by molar-refractivity contribution is -0.114. The zero-order chi connectivity index (χ0) is 18.8. The van der Waals surface area contributed by atoms with Crippen LogP contribution < -0.4 is 5.32 Å². The Morgan fingerprint density at radius 1 is 1.11 bits per heavy atom. The molecule has 1 fully saturated rings. The monoisotopic (exact) mass is 381 g/mol. The van der Waals surface area contributed by atoms with Crippen molar-refractivity contribution >= 4 is 39.1 Å². The highest BCUT2D eigenvalue weighted by Gasteiger charge is 2.26. The Morgan fingerprint density at radius 3 is 2.56 bits per heavy atom. The highest BCUT2D eigenvalue weighted by atomic mass is 32.1. The molecule has 1 N–H and O–H groups in total. The van der Waals surface area contributed by atoms with Crippen LogP contribution in [0.1, 0.15) is 16.6 Å². The van der Waals surface area contributed by atoms with Crippen molar-refractivity contribution in [2.24, 2.45) is 0 Å². The van der Waals surface area contributed by atoms with Crippen LogP contribution in [0.15, 0.2) is 42.5 Å². The van der Waals surface area contributed by atoms with E-state index in [2.05, 4.69) is 5.32 Å². The van der Waals surface area contributed by atoms with Gasteiger partial charge < -0.3 is 15.0 Å². The molecule has 0 unspecified atom stereocenters. The molecule has 0 bridgehead atoms. The fourth-order valence-electron chi connectivity index (χ4n) is 3.11. The maximum absolute atomic E-state index is 13.0. The predicted molar refractivity (Wildman–Crippen MR) is 106 cm³/mol. The van der Waals surface area contributed by atoms with Gasteiger partial charge in [-0.15, -0.1) is 11.3 Å². The van der Waals surface area contributed by atoms with E-state index in [4.69, 9.17) is 9.72 Å². The zero-order valence-corrected chi connectivity index (χ0v) is 15.7. The van der Waals surface area contributed by atoms with Crippen molar-refractivity contribution < 1.29 is 14.3 Å². The van der Waals surface area contributed by atoms with Gasteiger partial charge in [-0.2, -0.15) is 0 Å². The fraction of sp³-hybridized carbons (Fsp3) is 0.250. The molecule has 4 rings (SSSR count). The summed E-state index contributed by atoms with van der Waals surface area (Å²) in [7, 11) is 0. The van der Waals surface area contributed by atoms with Crippen LogP contribution in [0.2, 0.25) is 0 Å². The lowest BCUT2D eigenvalue weighted by Gasteiger charge is -2.26. The Bertz CT molecular complexity index is 994. The van der Waals surface area contributed by atoms with E-state index < -0.39 is 0 Å². The standard InChI is InChI=1S/C20H19N3O3S/c1-13(24)21-17-15-7-8-16(14-5-3-2-4-6-14)22-19(15)27-18(17)20(25)23-9-11-26-12-10-23/h2-8H,9-12H2,1H3,(H,21,24). The summed E-state index contributed by atoms with van der Waals surface area (Å²) in [5, 5.41) is 3.61. The minimum absolute atomic E-state index is 0.0914. The second-order valence-electron chi connectivity index (χ2n) is 6.31. The molecule has 0 spiro atoms. The van der Waals surface area contributed by atoms with Gasteiger partial charge in [0.1, 0.15) is 9.71 Å². The quantitative estimate of drug-likeness (QED) is 0.755. The summed E-state index contributed by atoms with van der Waals surface area (Å²) >= 11 is 1.32. The van der Waals surface area contributed by atoms with Crippen LogP contribution in [0.5, 0.6) is 0 Å². The molecule has 2 amide bonds. The van der Waals surface area contributed by atoms with Crippen LogP contribution in [0.4, 0.5) is 5.69 Å². The molecule has 27 heavy (non-hydrogen) atoms. The largest absolute Gasteiger partial charge is 0.378 e. The minimum Gasteiger partial charge on any atom is -0.378 e. The summed E-state index contributed by atoms with van der Waals surface area (Å²) in [6.07, 6.45) is 0. The van der Waals surface area contributed by atoms with Crippen LogP contribution in [0, 0.1) is 0 Å². The van der Waals surface area contributed by atoms with Gasteiger partial charge in [-0.1, -0.05) is 30.3 Å². The van der Waals surface area contributed by atoms with Crippen molar-refractivity contribution in [3.05, 3.63) is 47.3 Å². The second-order valence-corrected chi connectivity index (χ2v) is 7.31. The van der Waals surface area contributed by atoms with Gasteiger partial charge in [0, 0.05) is 31.0 Å². The summed E-state index contributed by atoms with van der Waals surface area (Å²) in [6, 6.07) is 13.7. The molecule has 138 valence electrons. The van der Waals surface area contributed by atoms with Crippen molar-refractivity contribution in [3.8, 4) is 11.3 Å². The first-order chi connectivity index (χ1) is 13.1. The Hall–Kier alpha value is -2.77. The molecular formula is C20H19N3O3S. The highest BCUT2D eigenvalue weighted by Crippen LogP contribution is 2.37. The van der Waals surface area contributed by atoms with E-state index in [1.807, 2.05) is 42.5 Å². The molecule has 3 heterocycles. The first-order valence-corrected chi connectivity index (χ1v) is 9.58. The summed E-state index contributed by atoms with van der Waals surface area (Å²) in [4.78, 5) is 32.5. The summed E-state index contributed by atoms with van der Waals surface area (Å²) < 4.78 is 5.33. The topological polar surface area (TPSA) is 71.5 Å². The number of benzene rings is 1. The first kappa shape index (κ1) is 17.6. The van der Waals surface area contributed by atoms with Crippen molar-refractivity contribution in [2.75, 3.05) is 31.6 Å². The molecule has 6 nitrogen and oxygen atoms in total. The lowest BCUT2D eigenvalue weighted by Crippen LogP contribution is -2.40. The second kappa shape index (κ2) is 7.46. The van der Waals surface area contributed by atoms with Crippen molar-refractivity contribution in [3.63, 3.8) is 0 Å². The molecule has 0 atom stereocenters. The SMILES string of the molecule is CC(=O)Nc1c(C(=O)N2CCOCC2)sc2nc(-c3ccccc3)ccc12. The van der Waals surface area contributed by atoms with Crippen molar-refractivity contribution in [1.82, 2.24) is 9.88 Å². The molecule has 1 aliphatic heterocycles. The van der Waals surface area contributed by atoms with Crippen LogP contribution >= 0.6 is 11.3 Å². The number of aromatic nitrogens is 1. The van der Waals surface area contributed by atoms with E-state index in [0.717, 1.165) is 21.5 Å². The molecule has 0 radical (unpaired) electrons. The number of carbonyl (C=O) groups is 2. The number of hydrogen-bond donors (Lipinski definition) is 1. The van der Waals surface area contributed by atoms with E-state index in [9.17, 15) is 9.59 Å². The van der Waals surface area contributed by atoms with Gasteiger partial charge in [-0.3, -0.25) is 9.59 Å². The fourth-order valence-corrected chi connectivity index (χ4v) is 4.21. The maximum Gasteiger partial charge on any atom is 0.266 e. The highest BCUT2D eigenvalue weighted by molar-refractivity contribution is 7.21. The summed E-state index contributed by atoms with van der Waals surface area (Å²) in [5.74, 6) is -0.302. The number of fused-ring (bicyclic) bond motifs is 1. The van der Waals surface area contributed by atoms with Gasteiger partial charge in [0.05, 0.1) is 24.6 Å². The Kier molecular flexibility index (Phi) is 4.87. The van der Waals surface area contributed by atoms with Crippen molar-refractivity contribution in [2.45, 2.75) is 6.92 Å². The van der Waals surface area contributed by atoms with E-state index in [0.29, 0.717) is 36.9 Å². The number of thiophene rings is 1. The number of amides is 2. The van der Waals surface area contributed by atoms with Crippen LogP contribution in [-0.2, 0) is 9.53 Å². The first-order valence-electron chi connectivity index (χ1n) is 8.77. The maximum atomic E-state index is 13.0. The third kappa shape index (κ3) is 3.56. The van der Waals surface area contributed by atoms with Gasteiger partial charge in [-0.05, 0) is 12.1 Å². The number of morpholine rings is 1. The number of pyridine rings is 1. The molecule has 7 heteroatoms. The number of rotatable bonds is 3. The average molecular weight is 381 g/mol. The van der Waals surface area contributed by atoms with Gasteiger partial charge in [0.2, 0.25) is 5.91 Å². The molecular weight excluding hydrogens is 362 g/mol. The molecule has 1 saturated heterocycles. The Balaban J connectivity index is 1.79. The van der Waals surface area contributed by atoms with Gasteiger partial charge >= 0.3 is 0 Å². The number of carbonyl (C=O) groups excluding carboxylic acids is 2. The Morgan fingerprint density at radius 2 is 1.85 bits per heavy atom. The average Bonchev–Trinajstić information content (AvgIpc) is 3.06. The van der Waals surface area contributed by atoms with Gasteiger partial charge in [0.15, 0.2) is 0 Å². The third-order valence-corrected chi connectivity index (χ3v) is 5.51. The Labute approximate surface area is 160 Å². The number of ether oxygens (including phenoxy) is 1. The van der Waals surface area contributed by atoms with E-state index in [1.54, 1.807) is 4.90 Å². The van der Waals surface area contributed by atoms with E-state index in [1.165, 1.54) is 18.3 Å². The summed E-state index contributed by atoms with van der Waals surface area (Å²) in [6.45, 7) is 3.61. The number of hydrogen-bond acceptors (Lipinski definition) is 5. The molecule has 2 aromatic heterocycles. The molecule has 3 aromatic rings. The molecule has 0 saturated carbocycles.